The van der Waals surface area contributed by atoms with Crippen molar-refractivity contribution in [2.45, 2.75) is 50.7 Å². The molecule has 4 heteroatoms. The summed E-state index contributed by atoms with van der Waals surface area (Å²) in [5, 5.41) is 0.209. The number of thioether (sulfide) groups is 1. The first-order chi connectivity index (χ1) is 12.7. The van der Waals surface area contributed by atoms with Gasteiger partial charge in [-0.1, -0.05) is 92.4 Å². The van der Waals surface area contributed by atoms with Crippen LogP contribution in [0.15, 0.2) is 60.7 Å². The van der Waals surface area contributed by atoms with Crippen LogP contribution in [0.3, 0.4) is 0 Å². The molecule has 3 rings (SSSR count). The minimum Gasteiger partial charge on any atom is -0.288 e. The van der Waals surface area contributed by atoms with Crippen LogP contribution in [-0.4, -0.2) is 17.0 Å². The van der Waals surface area contributed by atoms with Crippen LogP contribution in [0.4, 0.5) is 5.69 Å². The first kappa shape index (κ1) is 20.5. The fraction of sp³-hybridized carbons (Fsp3) is 0.409. The molecule has 0 bridgehead atoms. The van der Waals surface area contributed by atoms with Crippen molar-refractivity contribution in [3.8, 4) is 0 Å². The standard InChI is InChI=1S/C17H19NO2S.C5H10.H2/c1-14(19)21-17(12-15-8-4-2-5-9-15)13-20-18-16-10-6-3-7-11-16;1-2-4-5-3-1;/h2-11,17-18H,12-13H2,1H3;1-5H2;1H. The molecule has 1 atom stereocenters. The molecule has 1 saturated carbocycles. The zero-order valence-corrected chi connectivity index (χ0v) is 16.3. The highest BCUT2D eigenvalue weighted by Gasteiger charge is 2.13. The number of rotatable bonds is 7. The molecule has 0 radical (unpaired) electrons. The molecule has 2 aromatic rings. The van der Waals surface area contributed by atoms with Gasteiger partial charge in [0.25, 0.3) is 0 Å². The van der Waals surface area contributed by atoms with Gasteiger partial charge in [0.15, 0.2) is 5.12 Å². The molecule has 2 aromatic carbocycles. The van der Waals surface area contributed by atoms with E-state index in [2.05, 4.69) is 17.6 Å². The largest absolute Gasteiger partial charge is 0.288 e. The van der Waals surface area contributed by atoms with E-state index in [0.29, 0.717) is 6.61 Å². The monoisotopic (exact) mass is 373 g/mol. The summed E-state index contributed by atoms with van der Waals surface area (Å²) in [7, 11) is 0. The Kier molecular flexibility index (Phi) is 9.91. The molecular weight excluding hydrogens is 342 g/mol. The van der Waals surface area contributed by atoms with Crippen LogP contribution in [0.5, 0.6) is 0 Å². The van der Waals surface area contributed by atoms with Crippen LogP contribution < -0.4 is 5.48 Å². The van der Waals surface area contributed by atoms with Crippen molar-refractivity contribution in [3.05, 3.63) is 66.2 Å². The second-order valence-electron chi connectivity index (χ2n) is 6.47. The number of para-hydroxylation sites is 1. The Labute approximate surface area is 163 Å². The predicted octanol–water partition coefficient (Wildman–Crippen LogP) is 6.12. The van der Waals surface area contributed by atoms with Gasteiger partial charge in [0.05, 0.1) is 12.3 Å². The molecule has 26 heavy (non-hydrogen) atoms. The Morgan fingerprint density at radius 3 is 2.08 bits per heavy atom. The van der Waals surface area contributed by atoms with Gasteiger partial charge in [-0.3, -0.25) is 15.1 Å². The number of hydrogen-bond acceptors (Lipinski definition) is 4. The van der Waals surface area contributed by atoms with Crippen molar-refractivity contribution in [2.24, 2.45) is 0 Å². The van der Waals surface area contributed by atoms with Crippen molar-refractivity contribution >= 4 is 22.6 Å². The molecule has 0 aliphatic heterocycles. The van der Waals surface area contributed by atoms with Crippen molar-refractivity contribution < 1.29 is 11.1 Å². The highest BCUT2D eigenvalue weighted by Crippen LogP contribution is 2.18. The Hall–Kier alpha value is -1.78. The molecule has 0 aromatic heterocycles. The average molecular weight is 374 g/mol. The van der Waals surface area contributed by atoms with Gasteiger partial charge in [0.1, 0.15) is 0 Å². The van der Waals surface area contributed by atoms with E-state index in [1.54, 1.807) is 6.92 Å². The van der Waals surface area contributed by atoms with Crippen LogP contribution in [0.1, 0.15) is 46.0 Å². The summed E-state index contributed by atoms with van der Waals surface area (Å²) in [6.45, 7) is 2.06. The molecule has 1 fully saturated rings. The van der Waals surface area contributed by atoms with E-state index in [-0.39, 0.29) is 11.8 Å². The summed E-state index contributed by atoms with van der Waals surface area (Å²) in [6, 6.07) is 19.8. The van der Waals surface area contributed by atoms with E-state index in [1.807, 2.05) is 48.5 Å². The molecule has 1 unspecified atom stereocenters. The summed E-state index contributed by atoms with van der Waals surface area (Å²) in [4.78, 5) is 16.9. The minimum absolute atomic E-state index is 0. The van der Waals surface area contributed by atoms with Gasteiger partial charge in [-0.2, -0.15) is 0 Å². The van der Waals surface area contributed by atoms with E-state index >= 15 is 0 Å². The smallest absolute Gasteiger partial charge is 0.186 e. The molecule has 3 nitrogen and oxygen atoms in total. The summed E-state index contributed by atoms with van der Waals surface area (Å²) in [5.74, 6) is 0. The maximum atomic E-state index is 11.4. The van der Waals surface area contributed by atoms with Crippen LogP contribution in [0.25, 0.3) is 0 Å². The zero-order valence-electron chi connectivity index (χ0n) is 15.5. The van der Waals surface area contributed by atoms with E-state index in [0.717, 1.165) is 12.1 Å². The van der Waals surface area contributed by atoms with Crippen LogP contribution in [0.2, 0.25) is 0 Å². The Balaban J connectivity index is 0.000000526. The fourth-order valence-corrected chi connectivity index (χ4v) is 3.74. The Bertz CT molecular complexity index is 613. The van der Waals surface area contributed by atoms with Crippen LogP contribution in [0, 0.1) is 0 Å². The van der Waals surface area contributed by atoms with Crippen molar-refractivity contribution in [2.75, 3.05) is 12.1 Å². The average Bonchev–Trinajstić information content (AvgIpc) is 3.23. The van der Waals surface area contributed by atoms with Crippen molar-refractivity contribution in [1.82, 2.24) is 0 Å². The van der Waals surface area contributed by atoms with Gasteiger partial charge in [-0.15, -0.1) is 0 Å². The second kappa shape index (κ2) is 12.6. The van der Waals surface area contributed by atoms with Gasteiger partial charge in [0, 0.05) is 13.6 Å². The number of benzene rings is 2. The quantitative estimate of drug-likeness (QED) is 0.594. The van der Waals surface area contributed by atoms with Crippen molar-refractivity contribution in [1.29, 1.82) is 0 Å². The maximum Gasteiger partial charge on any atom is 0.186 e. The lowest BCUT2D eigenvalue weighted by Gasteiger charge is -2.16. The maximum absolute atomic E-state index is 11.4. The van der Waals surface area contributed by atoms with Gasteiger partial charge >= 0.3 is 0 Å². The minimum atomic E-state index is 0. The SMILES string of the molecule is C1CCCC1.CC(=O)SC(CONc1ccccc1)Cc1ccccc1.[HH]. The summed E-state index contributed by atoms with van der Waals surface area (Å²) < 4.78 is 0. The Morgan fingerprint density at radius 2 is 1.54 bits per heavy atom. The van der Waals surface area contributed by atoms with Gasteiger partial charge < -0.3 is 0 Å². The van der Waals surface area contributed by atoms with Crippen LogP contribution in [-0.2, 0) is 16.1 Å². The number of carbonyl (C=O) groups is 1. The number of anilines is 1. The van der Waals surface area contributed by atoms with Crippen molar-refractivity contribution in [3.63, 3.8) is 0 Å². The Morgan fingerprint density at radius 1 is 1.00 bits per heavy atom. The topological polar surface area (TPSA) is 38.3 Å². The van der Waals surface area contributed by atoms with E-state index in [1.165, 1.54) is 49.4 Å². The van der Waals surface area contributed by atoms with E-state index in [4.69, 9.17) is 4.84 Å². The lowest BCUT2D eigenvalue weighted by Crippen LogP contribution is -2.19. The van der Waals surface area contributed by atoms with Gasteiger partial charge in [-0.05, 0) is 24.1 Å². The molecule has 0 amide bonds. The highest BCUT2D eigenvalue weighted by molar-refractivity contribution is 8.14. The second-order valence-corrected chi connectivity index (χ2v) is 7.95. The number of nitrogens with one attached hydrogen (secondary N) is 1. The summed E-state index contributed by atoms with van der Waals surface area (Å²) >= 11 is 1.33. The fourth-order valence-electron chi connectivity index (χ4n) is 2.85. The molecule has 0 spiro atoms. The third-order valence-corrected chi connectivity index (χ3v) is 5.09. The third-order valence-electron chi connectivity index (χ3n) is 4.12. The normalized spacial score (nSPS) is 14.2. The summed E-state index contributed by atoms with van der Waals surface area (Å²) in [6.07, 6.45) is 8.31. The molecule has 0 saturated heterocycles. The lowest BCUT2D eigenvalue weighted by molar-refractivity contribution is -0.109. The first-order valence-electron chi connectivity index (χ1n) is 9.38. The number of hydrogen-bond donors (Lipinski definition) is 1. The predicted molar refractivity (Wildman–Crippen MR) is 113 cm³/mol. The highest BCUT2D eigenvalue weighted by atomic mass is 32.2. The molecular formula is C22H31NO2S. The first-order valence-corrected chi connectivity index (χ1v) is 10.3. The molecule has 1 aliphatic rings. The number of carbonyl (C=O) groups excluding carboxylic acids is 1. The molecule has 0 heterocycles. The van der Waals surface area contributed by atoms with Gasteiger partial charge in [0.2, 0.25) is 0 Å². The van der Waals surface area contributed by atoms with E-state index < -0.39 is 0 Å². The van der Waals surface area contributed by atoms with Gasteiger partial charge in [-0.25, -0.2) is 0 Å². The van der Waals surface area contributed by atoms with E-state index in [9.17, 15) is 4.79 Å². The zero-order chi connectivity index (χ0) is 18.5. The lowest BCUT2D eigenvalue weighted by atomic mass is 10.1. The molecule has 1 aliphatic carbocycles. The molecule has 142 valence electrons. The van der Waals surface area contributed by atoms with Crippen LogP contribution >= 0.6 is 11.8 Å². The third kappa shape index (κ3) is 9.07. The molecule has 1 N–H and O–H groups in total. The summed E-state index contributed by atoms with van der Waals surface area (Å²) in [5.41, 5.74) is 5.02.